The van der Waals surface area contributed by atoms with Crippen molar-refractivity contribution in [1.82, 2.24) is 29.3 Å². The van der Waals surface area contributed by atoms with Gasteiger partial charge in [0.15, 0.2) is 0 Å². The molecule has 4 rings (SSSR count). The van der Waals surface area contributed by atoms with Crippen LogP contribution in [-0.4, -0.2) is 95.5 Å². The summed E-state index contributed by atoms with van der Waals surface area (Å²) in [7, 11) is 6.12. The molecule has 29 heavy (non-hydrogen) atoms. The number of imidazole rings is 1. The van der Waals surface area contributed by atoms with Crippen LogP contribution in [0.25, 0.3) is 6.08 Å². The number of aromatic amines is 1. The maximum absolute atomic E-state index is 11.9. The Kier molecular flexibility index (Phi) is 5.83. The Labute approximate surface area is 173 Å². The van der Waals surface area contributed by atoms with Gasteiger partial charge in [-0.05, 0) is 44.7 Å². The van der Waals surface area contributed by atoms with E-state index < -0.39 is 0 Å². The lowest BCUT2D eigenvalue weighted by atomic mass is 9.91. The standard InChI is InChI=1S/C21H35N7O/c1-22-26(4)20(28-13-11-24(2)12-14-28)16-7-9-27(10-8-16)17-5-6-18-19(15-17)25(3)21(29)23-18/h15-16,20H,1,5-14H2,2-4H3,(H,23,29). The van der Waals surface area contributed by atoms with Crippen LogP contribution in [0.4, 0.5) is 0 Å². The maximum Gasteiger partial charge on any atom is 0.325 e. The summed E-state index contributed by atoms with van der Waals surface area (Å²) in [5, 5.41) is 6.35. The molecular formula is C21H35N7O. The summed E-state index contributed by atoms with van der Waals surface area (Å²) < 4.78 is 1.73. The summed E-state index contributed by atoms with van der Waals surface area (Å²) in [4.78, 5) is 22.4. The first-order valence-corrected chi connectivity index (χ1v) is 10.8. The number of aromatic nitrogens is 2. The summed E-state index contributed by atoms with van der Waals surface area (Å²) in [5.41, 5.74) is 3.48. The van der Waals surface area contributed by atoms with Gasteiger partial charge < -0.3 is 14.8 Å². The second-order valence-corrected chi connectivity index (χ2v) is 8.78. The Morgan fingerprint density at radius 2 is 1.83 bits per heavy atom. The van der Waals surface area contributed by atoms with Gasteiger partial charge in [0.05, 0.1) is 5.69 Å². The summed E-state index contributed by atoms with van der Waals surface area (Å²) in [5.74, 6) is 0.599. The van der Waals surface area contributed by atoms with Crippen molar-refractivity contribution in [3.8, 4) is 0 Å². The van der Waals surface area contributed by atoms with E-state index in [0.717, 1.165) is 76.3 Å². The minimum Gasteiger partial charge on any atom is -0.375 e. The van der Waals surface area contributed by atoms with E-state index in [2.05, 4.69) is 56.7 Å². The first-order chi connectivity index (χ1) is 14.0. The lowest BCUT2D eigenvalue weighted by molar-refractivity contribution is -0.0241. The number of likely N-dealkylation sites (tertiary alicyclic amines) is 1. The molecule has 2 saturated heterocycles. The van der Waals surface area contributed by atoms with Crippen LogP contribution in [0.3, 0.4) is 0 Å². The van der Waals surface area contributed by atoms with Gasteiger partial charge in [0.2, 0.25) is 0 Å². The normalized spacial score (nSPS) is 22.9. The molecule has 3 aliphatic rings. The molecule has 2 fully saturated rings. The fourth-order valence-corrected chi connectivity index (χ4v) is 5.19. The van der Waals surface area contributed by atoms with E-state index in [-0.39, 0.29) is 5.69 Å². The van der Waals surface area contributed by atoms with E-state index in [1.807, 2.05) is 7.05 Å². The fraction of sp³-hybridized carbons (Fsp3) is 0.714. The van der Waals surface area contributed by atoms with Crippen molar-refractivity contribution in [3.63, 3.8) is 0 Å². The van der Waals surface area contributed by atoms with Gasteiger partial charge in [-0.1, -0.05) is 0 Å². The second-order valence-electron chi connectivity index (χ2n) is 8.78. The number of fused-ring (bicyclic) bond motifs is 1. The summed E-state index contributed by atoms with van der Waals surface area (Å²) in [6.45, 7) is 10.4. The van der Waals surface area contributed by atoms with Gasteiger partial charge >= 0.3 is 5.69 Å². The van der Waals surface area contributed by atoms with Crippen LogP contribution >= 0.6 is 0 Å². The van der Waals surface area contributed by atoms with Gasteiger partial charge in [-0.2, -0.15) is 5.10 Å². The number of hydrogen-bond donors (Lipinski definition) is 1. The van der Waals surface area contributed by atoms with Gasteiger partial charge in [0.1, 0.15) is 6.17 Å². The van der Waals surface area contributed by atoms with Crippen LogP contribution < -0.4 is 5.69 Å². The largest absolute Gasteiger partial charge is 0.375 e. The third kappa shape index (κ3) is 4.00. The minimum atomic E-state index is -0.0128. The lowest BCUT2D eigenvalue weighted by Gasteiger charge is -2.47. The molecule has 0 spiro atoms. The number of allylic oxidation sites excluding steroid dienone is 1. The molecule has 1 atom stereocenters. The third-order valence-corrected chi connectivity index (χ3v) is 7.05. The summed E-state index contributed by atoms with van der Waals surface area (Å²) >= 11 is 0. The van der Waals surface area contributed by atoms with Crippen molar-refractivity contribution < 1.29 is 0 Å². The molecule has 0 bridgehead atoms. The molecule has 0 aromatic carbocycles. The predicted octanol–water partition coefficient (Wildman–Crippen LogP) is 0.833. The minimum absolute atomic E-state index is 0.0128. The number of piperidine rings is 1. The average Bonchev–Trinajstić information content (AvgIpc) is 3.03. The lowest BCUT2D eigenvalue weighted by Crippen LogP contribution is -2.57. The van der Waals surface area contributed by atoms with Gasteiger partial charge in [-0.3, -0.25) is 14.5 Å². The van der Waals surface area contributed by atoms with Crippen LogP contribution in [0.1, 0.15) is 30.7 Å². The second kappa shape index (κ2) is 8.36. The smallest absolute Gasteiger partial charge is 0.325 e. The number of hydrogen-bond acceptors (Lipinski definition) is 6. The Hall–Kier alpha value is -2.06. The molecule has 1 unspecified atom stereocenters. The molecule has 0 saturated carbocycles. The van der Waals surface area contributed by atoms with Crippen LogP contribution in [0.5, 0.6) is 0 Å². The summed E-state index contributed by atoms with van der Waals surface area (Å²) in [6, 6.07) is 0. The molecule has 1 aromatic rings. The maximum atomic E-state index is 11.9. The molecule has 3 heterocycles. The van der Waals surface area contributed by atoms with E-state index >= 15 is 0 Å². The quantitative estimate of drug-likeness (QED) is 0.585. The van der Waals surface area contributed by atoms with Crippen LogP contribution in [-0.2, 0) is 13.5 Å². The van der Waals surface area contributed by atoms with Gasteiger partial charge in [0, 0.05) is 71.5 Å². The van der Waals surface area contributed by atoms with E-state index in [1.165, 1.54) is 5.70 Å². The van der Waals surface area contributed by atoms with Crippen LogP contribution in [0, 0.1) is 5.92 Å². The molecule has 0 amide bonds. The molecule has 8 nitrogen and oxygen atoms in total. The number of H-pyrrole nitrogens is 1. The Bertz CT molecular complexity index is 809. The molecule has 160 valence electrons. The van der Waals surface area contributed by atoms with Crippen LogP contribution in [0.2, 0.25) is 0 Å². The molecule has 1 aromatic heterocycles. The van der Waals surface area contributed by atoms with E-state index in [0.29, 0.717) is 12.1 Å². The number of nitrogens with one attached hydrogen (secondary N) is 1. The molecule has 1 N–H and O–H groups in total. The zero-order chi connectivity index (χ0) is 20.5. The SMILES string of the molecule is C=NN(C)C(C1CCN(C2=Cc3c([nH]c(=O)n3C)CC2)CC1)N1CCN(C)CC1. The van der Waals surface area contributed by atoms with Crippen LogP contribution in [0.15, 0.2) is 15.6 Å². The zero-order valence-electron chi connectivity index (χ0n) is 18.1. The number of rotatable bonds is 5. The van der Waals surface area contributed by atoms with Crippen molar-refractivity contribution in [2.75, 3.05) is 53.4 Å². The number of piperazine rings is 1. The first-order valence-electron chi connectivity index (χ1n) is 10.8. The molecule has 8 heteroatoms. The summed E-state index contributed by atoms with van der Waals surface area (Å²) in [6.07, 6.45) is 6.80. The van der Waals surface area contributed by atoms with Crippen molar-refractivity contribution >= 4 is 12.8 Å². The highest BCUT2D eigenvalue weighted by Crippen LogP contribution is 2.31. The van der Waals surface area contributed by atoms with Crippen molar-refractivity contribution in [3.05, 3.63) is 27.6 Å². The predicted molar refractivity (Wildman–Crippen MR) is 117 cm³/mol. The van der Waals surface area contributed by atoms with Crippen molar-refractivity contribution in [1.29, 1.82) is 0 Å². The van der Waals surface area contributed by atoms with E-state index in [1.54, 1.807) is 4.57 Å². The number of aryl methyl sites for hydroxylation is 1. The first kappa shape index (κ1) is 20.2. The van der Waals surface area contributed by atoms with Gasteiger partial charge in [-0.25, -0.2) is 4.79 Å². The monoisotopic (exact) mass is 401 g/mol. The fourth-order valence-electron chi connectivity index (χ4n) is 5.19. The topological polar surface area (TPSA) is 63.1 Å². The average molecular weight is 402 g/mol. The highest BCUT2D eigenvalue weighted by molar-refractivity contribution is 5.54. The highest BCUT2D eigenvalue weighted by Gasteiger charge is 2.35. The third-order valence-electron chi connectivity index (χ3n) is 7.05. The highest BCUT2D eigenvalue weighted by atomic mass is 16.1. The zero-order valence-corrected chi connectivity index (χ0v) is 18.1. The molecule has 1 aliphatic carbocycles. The Balaban J connectivity index is 1.43. The van der Waals surface area contributed by atoms with E-state index in [4.69, 9.17) is 0 Å². The van der Waals surface area contributed by atoms with Crippen molar-refractivity contribution in [2.24, 2.45) is 18.1 Å². The Morgan fingerprint density at radius 3 is 2.48 bits per heavy atom. The number of hydrazone groups is 1. The van der Waals surface area contributed by atoms with Gasteiger partial charge in [0.25, 0.3) is 0 Å². The van der Waals surface area contributed by atoms with E-state index in [9.17, 15) is 4.79 Å². The molecule has 2 aliphatic heterocycles. The Morgan fingerprint density at radius 1 is 1.14 bits per heavy atom. The number of nitrogens with zero attached hydrogens (tertiary/aromatic N) is 6. The molecule has 0 radical (unpaired) electrons. The molecular weight excluding hydrogens is 366 g/mol. The number of likely N-dealkylation sites (N-methyl/N-ethyl adjacent to an activating group) is 1. The van der Waals surface area contributed by atoms with Crippen molar-refractivity contribution in [2.45, 2.75) is 31.8 Å². The van der Waals surface area contributed by atoms with Gasteiger partial charge in [-0.15, -0.1) is 0 Å².